The van der Waals surface area contributed by atoms with Gasteiger partial charge >= 0.3 is 0 Å². The molecule has 2 rings (SSSR count). The van der Waals surface area contributed by atoms with Crippen molar-refractivity contribution in [2.45, 2.75) is 31.1 Å². The predicted octanol–water partition coefficient (Wildman–Crippen LogP) is 1.52. The molecule has 0 fully saturated rings. The van der Waals surface area contributed by atoms with Gasteiger partial charge in [0.15, 0.2) is 14.9 Å². The minimum atomic E-state index is -3.23. The van der Waals surface area contributed by atoms with Crippen LogP contribution < -0.4 is 11.2 Å². The van der Waals surface area contributed by atoms with Crippen LogP contribution in [0.15, 0.2) is 28.2 Å². The van der Waals surface area contributed by atoms with E-state index in [1.807, 2.05) is 12.1 Å². The van der Waals surface area contributed by atoms with E-state index in [0.717, 1.165) is 5.56 Å². The minimum Gasteiger partial charge on any atom is -0.375 e. The summed E-state index contributed by atoms with van der Waals surface area (Å²) in [6, 6.07) is 5.40. The molecule has 0 saturated heterocycles. The van der Waals surface area contributed by atoms with Crippen LogP contribution in [0.1, 0.15) is 37.3 Å². The van der Waals surface area contributed by atoms with E-state index >= 15 is 0 Å². The zero-order valence-corrected chi connectivity index (χ0v) is 13.0. The van der Waals surface area contributed by atoms with Crippen LogP contribution in [0.2, 0.25) is 0 Å². The van der Waals surface area contributed by atoms with Crippen LogP contribution in [0.5, 0.6) is 0 Å². The molecule has 0 radical (unpaired) electrons. The molecular weight excluding hydrogens is 294 g/mol. The number of hydrazone groups is 1. The second-order valence-corrected chi connectivity index (χ2v) is 7.53. The van der Waals surface area contributed by atoms with Gasteiger partial charge in [-0.2, -0.15) is 5.10 Å². The summed E-state index contributed by atoms with van der Waals surface area (Å²) in [7, 11) is -3.23. The third-order valence-electron chi connectivity index (χ3n) is 3.22. The zero-order chi connectivity index (χ0) is 14.9. The van der Waals surface area contributed by atoms with E-state index in [1.54, 1.807) is 6.07 Å². The lowest BCUT2D eigenvalue weighted by atomic mass is 9.98. The van der Waals surface area contributed by atoms with Gasteiger partial charge in [-0.15, -0.1) is 0 Å². The summed E-state index contributed by atoms with van der Waals surface area (Å²) in [4.78, 5) is 0.330. The summed E-state index contributed by atoms with van der Waals surface area (Å²) in [5.74, 6) is 0.369. The molecule has 0 bridgehead atoms. The number of sulfone groups is 1. The molecule has 7 heteroatoms. The lowest BCUT2D eigenvalue weighted by Crippen LogP contribution is -2.28. The molecule has 0 spiro atoms. The number of fused-ring (bicyclic) bond motifs is 1. The number of hydrogen-bond donors (Lipinski definition) is 2. The molecule has 5 nitrogen and oxygen atoms in total. The van der Waals surface area contributed by atoms with E-state index in [4.69, 9.17) is 18.0 Å². The van der Waals surface area contributed by atoms with E-state index < -0.39 is 9.84 Å². The van der Waals surface area contributed by atoms with Crippen molar-refractivity contribution in [2.75, 3.05) is 5.75 Å². The Morgan fingerprint density at radius 1 is 1.45 bits per heavy atom. The second kappa shape index (κ2) is 5.49. The van der Waals surface area contributed by atoms with E-state index in [-0.39, 0.29) is 10.9 Å². The summed E-state index contributed by atoms with van der Waals surface area (Å²) < 4.78 is 24.2. The van der Waals surface area contributed by atoms with Gasteiger partial charge in [0.1, 0.15) is 0 Å². The molecular formula is C13H17N3O2S2. The van der Waals surface area contributed by atoms with Crippen LogP contribution in [0, 0.1) is 0 Å². The Morgan fingerprint density at radius 3 is 2.75 bits per heavy atom. The van der Waals surface area contributed by atoms with Gasteiger partial charge in [-0.25, -0.2) is 8.42 Å². The number of rotatable bonds is 2. The first-order valence-corrected chi connectivity index (χ1v) is 8.36. The van der Waals surface area contributed by atoms with Gasteiger partial charge < -0.3 is 5.73 Å². The Bertz CT molecular complexity index is 679. The van der Waals surface area contributed by atoms with E-state index in [2.05, 4.69) is 24.4 Å². The third kappa shape index (κ3) is 2.99. The quantitative estimate of drug-likeness (QED) is 0.639. The van der Waals surface area contributed by atoms with Gasteiger partial charge in [0.05, 0.1) is 16.4 Å². The first kappa shape index (κ1) is 14.9. The van der Waals surface area contributed by atoms with Crippen LogP contribution in [-0.4, -0.2) is 25.0 Å². The van der Waals surface area contributed by atoms with Crippen molar-refractivity contribution in [2.24, 2.45) is 10.8 Å². The van der Waals surface area contributed by atoms with Crippen molar-refractivity contribution in [3.05, 3.63) is 29.3 Å². The fourth-order valence-corrected chi connectivity index (χ4v) is 3.63. The first-order valence-electron chi connectivity index (χ1n) is 6.30. The summed E-state index contributed by atoms with van der Waals surface area (Å²) in [5, 5.41) is 4.19. The lowest BCUT2D eigenvalue weighted by molar-refractivity contribution is 0.594. The molecule has 108 valence electrons. The average Bonchev–Trinajstić information content (AvgIpc) is 2.37. The second-order valence-electron chi connectivity index (χ2n) is 5.01. The fraction of sp³-hybridized carbons (Fsp3) is 0.385. The monoisotopic (exact) mass is 311 g/mol. The van der Waals surface area contributed by atoms with Crippen LogP contribution in [0.3, 0.4) is 0 Å². The maximum atomic E-state index is 12.1. The summed E-state index contributed by atoms with van der Waals surface area (Å²) in [5.41, 5.74) is 10.3. The van der Waals surface area contributed by atoms with Crippen molar-refractivity contribution < 1.29 is 8.42 Å². The molecule has 1 aromatic carbocycles. The molecule has 1 aromatic rings. The highest BCUT2D eigenvalue weighted by Gasteiger charge is 2.28. The number of benzene rings is 1. The molecule has 0 atom stereocenters. The van der Waals surface area contributed by atoms with Crippen molar-refractivity contribution in [1.29, 1.82) is 0 Å². The highest BCUT2D eigenvalue weighted by molar-refractivity contribution is 7.91. The number of nitrogens with two attached hydrogens (primary N) is 1. The lowest BCUT2D eigenvalue weighted by Gasteiger charge is -2.20. The van der Waals surface area contributed by atoms with Crippen LogP contribution in [0.25, 0.3) is 0 Å². The Kier molecular flexibility index (Phi) is 4.10. The molecule has 20 heavy (non-hydrogen) atoms. The standard InChI is InChI=1S/C13H17N3O2S2/c1-8(2)9-3-4-12-10(7-9)11(15-16-13(14)19)5-6-20(12,17)18/h3-4,7-8H,5-6H2,1-2H3,(H3,14,16,19)/b15-11+. The molecule has 0 amide bonds. The molecule has 0 aliphatic carbocycles. The molecule has 0 aromatic heterocycles. The molecule has 0 unspecified atom stereocenters. The highest BCUT2D eigenvalue weighted by atomic mass is 32.2. The third-order valence-corrected chi connectivity index (χ3v) is 5.08. The molecule has 0 saturated carbocycles. The van der Waals surface area contributed by atoms with Crippen LogP contribution in [-0.2, 0) is 9.84 Å². The largest absolute Gasteiger partial charge is 0.375 e. The first-order chi connectivity index (χ1) is 9.31. The maximum absolute atomic E-state index is 12.1. The smallest absolute Gasteiger partial charge is 0.184 e. The van der Waals surface area contributed by atoms with Gasteiger partial charge in [-0.3, -0.25) is 5.43 Å². The molecule has 3 N–H and O–H groups in total. The van der Waals surface area contributed by atoms with Crippen molar-refractivity contribution in [3.63, 3.8) is 0 Å². The SMILES string of the molecule is CC(C)c1ccc2c(c1)/C(=N/NC(N)=S)CCS2(=O)=O. The zero-order valence-electron chi connectivity index (χ0n) is 11.4. The van der Waals surface area contributed by atoms with E-state index in [0.29, 0.717) is 28.5 Å². The molecule has 1 aliphatic rings. The van der Waals surface area contributed by atoms with Crippen molar-refractivity contribution in [1.82, 2.24) is 5.43 Å². The molecule has 1 aliphatic heterocycles. The Labute approximate surface area is 124 Å². The summed E-state index contributed by atoms with van der Waals surface area (Å²) in [6.07, 6.45) is 0.354. The number of hydrogen-bond acceptors (Lipinski definition) is 4. The van der Waals surface area contributed by atoms with E-state index in [9.17, 15) is 8.42 Å². The van der Waals surface area contributed by atoms with Gasteiger partial charge in [-0.05, 0) is 35.8 Å². The average molecular weight is 311 g/mol. The van der Waals surface area contributed by atoms with Crippen molar-refractivity contribution in [3.8, 4) is 0 Å². The van der Waals surface area contributed by atoms with Gasteiger partial charge in [0, 0.05) is 12.0 Å². The van der Waals surface area contributed by atoms with E-state index in [1.165, 1.54) is 0 Å². The normalized spacial score (nSPS) is 18.9. The number of nitrogens with one attached hydrogen (secondary N) is 1. The minimum absolute atomic E-state index is 0.0544. The van der Waals surface area contributed by atoms with Gasteiger partial charge in [0.2, 0.25) is 0 Å². The van der Waals surface area contributed by atoms with Crippen LogP contribution >= 0.6 is 12.2 Å². The molecule has 1 heterocycles. The predicted molar refractivity (Wildman–Crippen MR) is 83.7 cm³/mol. The Hall–Kier alpha value is -1.47. The van der Waals surface area contributed by atoms with Gasteiger partial charge in [0.25, 0.3) is 0 Å². The highest BCUT2D eigenvalue weighted by Crippen LogP contribution is 2.28. The van der Waals surface area contributed by atoms with Gasteiger partial charge in [-0.1, -0.05) is 19.9 Å². The Morgan fingerprint density at radius 2 is 2.15 bits per heavy atom. The summed E-state index contributed by atoms with van der Waals surface area (Å²) in [6.45, 7) is 4.12. The maximum Gasteiger partial charge on any atom is 0.184 e. The number of nitrogens with zero attached hydrogens (tertiary/aromatic N) is 1. The Balaban J connectivity index is 2.56. The topological polar surface area (TPSA) is 84.5 Å². The fourth-order valence-electron chi connectivity index (χ4n) is 2.12. The summed E-state index contributed by atoms with van der Waals surface area (Å²) >= 11 is 4.72. The number of thiocarbonyl (C=S) groups is 1. The van der Waals surface area contributed by atoms with Crippen LogP contribution in [0.4, 0.5) is 0 Å². The van der Waals surface area contributed by atoms with Crippen molar-refractivity contribution >= 4 is 32.9 Å².